The van der Waals surface area contributed by atoms with Crippen LogP contribution in [0.15, 0.2) is 36.5 Å². The predicted molar refractivity (Wildman–Crippen MR) is 124 cm³/mol. The summed E-state index contributed by atoms with van der Waals surface area (Å²) in [4.78, 5) is 34.1. The maximum absolute atomic E-state index is 13.6. The second-order valence-corrected chi connectivity index (χ2v) is 8.77. The molecule has 0 radical (unpaired) electrons. The summed E-state index contributed by atoms with van der Waals surface area (Å²) < 4.78 is 5.90. The molecule has 3 N–H and O–H groups in total. The Morgan fingerprint density at radius 1 is 1.09 bits per heavy atom. The maximum atomic E-state index is 13.6. The second-order valence-electron chi connectivity index (χ2n) is 8.77. The number of hydrogen-bond donors (Lipinski definition) is 2. The Morgan fingerprint density at radius 3 is 2.67 bits per heavy atom. The first-order chi connectivity index (χ1) is 16.0. The number of nitrogens with zero attached hydrogens (tertiary/aromatic N) is 3. The van der Waals surface area contributed by atoms with Crippen LogP contribution in [0.5, 0.6) is 11.5 Å². The minimum Gasteiger partial charge on any atom is -0.507 e. The Labute approximate surface area is 194 Å². The number of nitrogens with two attached hydrogens (primary N) is 1. The average Bonchev–Trinajstić information content (AvgIpc) is 3.35. The Kier molecular flexibility index (Phi) is 7.44. The third-order valence-corrected chi connectivity index (χ3v) is 6.55. The summed E-state index contributed by atoms with van der Waals surface area (Å²) in [6.07, 6.45) is 7.71. The summed E-state index contributed by atoms with van der Waals surface area (Å²) in [7, 11) is 0. The molecule has 1 aromatic carbocycles. The van der Waals surface area contributed by atoms with Crippen molar-refractivity contribution in [2.45, 2.75) is 44.6 Å². The van der Waals surface area contributed by atoms with Crippen molar-refractivity contribution in [1.82, 2.24) is 14.8 Å². The van der Waals surface area contributed by atoms with E-state index in [1.54, 1.807) is 18.3 Å². The summed E-state index contributed by atoms with van der Waals surface area (Å²) in [6, 6.07) is 8.14. The molecule has 8 nitrogen and oxygen atoms in total. The van der Waals surface area contributed by atoms with Gasteiger partial charge in [-0.25, -0.2) is 0 Å². The van der Waals surface area contributed by atoms with Crippen LogP contribution in [0.2, 0.25) is 0 Å². The number of ether oxygens (including phenoxy) is 1. The van der Waals surface area contributed by atoms with Gasteiger partial charge in [0.05, 0.1) is 17.3 Å². The Bertz CT molecular complexity index is 990. The maximum Gasteiger partial charge on any atom is 0.256 e. The van der Waals surface area contributed by atoms with E-state index in [2.05, 4.69) is 9.88 Å². The van der Waals surface area contributed by atoms with Crippen molar-refractivity contribution in [3.05, 3.63) is 53.3 Å². The number of likely N-dealkylation sites (tertiary alicyclic amines) is 2. The van der Waals surface area contributed by atoms with Gasteiger partial charge in [0.25, 0.3) is 11.8 Å². The number of rotatable bonds is 8. The van der Waals surface area contributed by atoms with Gasteiger partial charge in [-0.2, -0.15) is 0 Å². The first-order valence-corrected chi connectivity index (χ1v) is 11.8. The van der Waals surface area contributed by atoms with Crippen LogP contribution < -0.4 is 10.5 Å². The molecule has 0 aliphatic carbocycles. The largest absolute Gasteiger partial charge is 0.507 e. The monoisotopic (exact) mass is 452 g/mol. The van der Waals surface area contributed by atoms with E-state index >= 15 is 0 Å². The molecule has 0 saturated carbocycles. The van der Waals surface area contributed by atoms with Crippen LogP contribution in [0.3, 0.4) is 0 Å². The molecule has 0 bridgehead atoms. The lowest BCUT2D eigenvalue weighted by Crippen LogP contribution is -2.47. The number of benzene rings is 1. The van der Waals surface area contributed by atoms with Crippen LogP contribution in [0.4, 0.5) is 0 Å². The van der Waals surface area contributed by atoms with E-state index in [4.69, 9.17) is 10.5 Å². The third kappa shape index (κ3) is 5.45. The van der Waals surface area contributed by atoms with Gasteiger partial charge in [0.1, 0.15) is 23.7 Å². The average molecular weight is 453 g/mol. The van der Waals surface area contributed by atoms with E-state index in [1.807, 2.05) is 17.0 Å². The standard InChI is InChI=1S/C25H32N4O4/c26-24(31)23-21(30)9-5-10-22(23)33-17-18-7-1-2-15-29(18)25(32)19-8-6-12-27-20(19)11-16-28-13-3-4-14-28/h5-6,8-10,12,18,30H,1-4,7,11,13-17H2,(H2,26,31)/t18-/m0/s1. The highest BCUT2D eigenvalue weighted by Crippen LogP contribution is 2.28. The molecule has 176 valence electrons. The second kappa shape index (κ2) is 10.7. The Morgan fingerprint density at radius 2 is 1.88 bits per heavy atom. The topological polar surface area (TPSA) is 109 Å². The molecule has 2 amide bonds. The van der Waals surface area contributed by atoms with Gasteiger partial charge >= 0.3 is 0 Å². The molecular weight excluding hydrogens is 420 g/mol. The number of phenols is 1. The lowest BCUT2D eigenvalue weighted by molar-refractivity contribution is 0.0524. The summed E-state index contributed by atoms with van der Waals surface area (Å²) in [6.45, 7) is 4.01. The van der Waals surface area contributed by atoms with Gasteiger partial charge in [-0.05, 0) is 69.5 Å². The quantitative estimate of drug-likeness (QED) is 0.637. The van der Waals surface area contributed by atoms with Gasteiger partial charge in [-0.15, -0.1) is 0 Å². The van der Waals surface area contributed by atoms with E-state index in [0.717, 1.165) is 51.0 Å². The smallest absolute Gasteiger partial charge is 0.256 e. The number of amides is 2. The van der Waals surface area contributed by atoms with Gasteiger partial charge in [0.2, 0.25) is 0 Å². The molecule has 8 heteroatoms. The van der Waals surface area contributed by atoms with Crippen LogP contribution >= 0.6 is 0 Å². The molecule has 1 aromatic heterocycles. The summed E-state index contributed by atoms with van der Waals surface area (Å²) >= 11 is 0. The van der Waals surface area contributed by atoms with Crippen molar-refractivity contribution < 1.29 is 19.4 Å². The van der Waals surface area contributed by atoms with E-state index in [9.17, 15) is 14.7 Å². The minimum absolute atomic E-state index is 0.0288. The van der Waals surface area contributed by atoms with Crippen molar-refractivity contribution in [1.29, 1.82) is 0 Å². The zero-order chi connectivity index (χ0) is 23.2. The van der Waals surface area contributed by atoms with Crippen LogP contribution in [0.1, 0.15) is 58.5 Å². The summed E-state index contributed by atoms with van der Waals surface area (Å²) in [5.41, 5.74) is 6.86. The normalized spacial score (nSPS) is 18.9. The third-order valence-electron chi connectivity index (χ3n) is 6.55. The molecule has 3 heterocycles. The molecule has 4 rings (SSSR count). The SMILES string of the molecule is NC(=O)c1c(O)cccc1OC[C@@H]1CCCCN1C(=O)c1cccnc1CCN1CCCC1. The fraction of sp³-hybridized carbons (Fsp3) is 0.480. The van der Waals surface area contributed by atoms with Crippen LogP contribution in [-0.2, 0) is 6.42 Å². The van der Waals surface area contributed by atoms with Gasteiger partial charge in [-0.1, -0.05) is 6.07 Å². The molecule has 33 heavy (non-hydrogen) atoms. The number of pyridine rings is 1. The minimum atomic E-state index is -0.752. The molecule has 2 aliphatic heterocycles. The van der Waals surface area contributed by atoms with Crippen LogP contribution in [0.25, 0.3) is 0 Å². The number of aromatic nitrogens is 1. The lowest BCUT2D eigenvalue weighted by Gasteiger charge is -2.36. The molecule has 2 fully saturated rings. The lowest BCUT2D eigenvalue weighted by atomic mass is 10.0. The summed E-state index contributed by atoms with van der Waals surface area (Å²) in [5.74, 6) is -0.765. The highest BCUT2D eigenvalue weighted by atomic mass is 16.5. The van der Waals surface area contributed by atoms with Gasteiger partial charge in [0, 0.05) is 25.7 Å². The van der Waals surface area contributed by atoms with Crippen molar-refractivity contribution in [3.8, 4) is 11.5 Å². The van der Waals surface area contributed by atoms with Crippen molar-refractivity contribution in [2.24, 2.45) is 5.73 Å². The number of piperidine rings is 1. The number of primary amides is 1. The van der Waals surface area contributed by atoms with Gasteiger partial charge in [0.15, 0.2) is 0 Å². The van der Waals surface area contributed by atoms with Gasteiger partial charge < -0.3 is 25.4 Å². The highest BCUT2D eigenvalue weighted by molar-refractivity contribution is 5.98. The molecule has 0 unspecified atom stereocenters. The Balaban J connectivity index is 1.47. The summed E-state index contributed by atoms with van der Waals surface area (Å²) in [5, 5.41) is 9.99. The van der Waals surface area contributed by atoms with Gasteiger partial charge in [-0.3, -0.25) is 14.6 Å². The van der Waals surface area contributed by atoms with E-state index in [0.29, 0.717) is 12.1 Å². The molecule has 0 spiro atoms. The molecule has 2 aliphatic rings. The van der Waals surface area contributed by atoms with E-state index in [1.165, 1.54) is 18.9 Å². The fourth-order valence-corrected chi connectivity index (χ4v) is 4.77. The highest BCUT2D eigenvalue weighted by Gasteiger charge is 2.30. The van der Waals surface area contributed by atoms with E-state index < -0.39 is 5.91 Å². The molecule has 2 saturated heterocycles. The zero-order valence-electron chi connectivity index (χ0n) is 18.9. The van der Waals surface area contributed by atoms with E-state index in [-0.39, 0.29) is 35.6 Å². The van der Waals surface area contributed by atoms with Crippen molar-refractivity contribution in [2.75, 3.05) is 32.8 Å². The number of carbonyl (C=O) groups is 2. The van der Waals surface area contributed by atoms with Crippen LogP contribution in [-0.4, -0.2) is 70.5 Å². The number of hydrogen-bond acceptors (Lipinski definition) is 6. The zero-order valence-corrected chi connectivity index (χ0v) is 18.9. The predicted octanol–water partition coefficient (Wildman–Crippen LogP) is 2.60. The van der Waals surface area contributed by atoms with Crippen molar-refractivity contribution >= 4 is 11.8 Å². The molecule has 1 atom stereocenters. The number of carbonyl (C=O) groups excluding carboxylic acids is 2. The van der Waals surface area contributed by atoms with Crippen LogP contribution in [0, 0.1) is 0 Å². The first kappa shape index (κ1) is 23.0. The first-order valence-electron chi connectivity index (χ1n) is 11.8. The molecular formula is C25H32N4O4. The number of aromatic hydroxyl groups is 1. The Hall–Kier alpha value is -3.13. The van der Waals surface area contributed by atoms with Crippen molar-refractivity contribution in [3.63, 3.8) is 0 Å². The molecule has 2 aromatic rings. The fourth-order valence-electron chi connectivity index (χ4n) is 4.77.